The maximum absolute atomic E-state index is 11.6. The first kappa shape index (κ1) is 11.2. The minimum absolute atomic E-state index is 0.0842. The van der Waals surface area contributed by atoms with Gasteiger partial charge in [-0.25, -0.2) is 0 Å². The Hall–Kier alpha value is -1.31. The number of carbonyl (C=O) groups excluding carboxylic acids is 1. The van der Waals surface area contributed by atoms with Crippen LogP contribution >= 0.6 is 0 Å². The zero-order chi connectivity index (χ0) is 11.2. The van der Waals surface area contributed by atoms with Gasteiger partial charge < -0.3 is 0 Å². The van der Waals surface area contributed by atoms with Crippen LogP contribution in [0, 0.1) is 0 Å². The van der Waals surface area contributed by atoms with Gasteiger partial charge in [-0.2, -0.15) is 0 Å². The van der Waals surface area contributed by atoms with Crippen molar-refractivity contribution in [3.05, 3.63) is 57.4 Å². The Bertz CT molecular complexity index is 436. The molecule has 0 aliphatic rings. The normalized spacial score (nSPS) is 10.0. The van der Waals surface area contributed by atoms with Crippen molar-refractivity contribution in [2.75, 3.05) is 6.54 Å². The molecule has 2 nitrogen and oxygen atoms in total. The van der Waals surface area contributed by atoms with E-state index in [1.54, 1.807) is 0 Å². The summed E-state index contributed by atoms with van der Waals surface area (Å²) in [5.41, 5.74) is 1.26. The Morgan fingerprint density at radius 1 is 1.12 bits per heavy atom. The van der Waals surface area contributed by atoms with Gasteiger partial charge in [-0.15, -0.1) is 0 Å². The van der Waals surface area contributed by atoms with Crippen LogP contribution in [-0.2, 0) is 6.42 Å². The molecule has 0 saturated carbocycles. The summed E-state index contributed by atoms with van der Waals surface area (Å²) < 4.78 is 0.917. The van der Waals surface area contributed by atoms with Crippen LogP contribution in [-0.4, -0.2) is 27.0 Å². The van der Waals surface area contributed by atoms with Crippen molar-refractivity contribution in [2.45, 2.75) is 6.42 Å². The Labute approximate surface area is 101 Å². The number of rotatable bonds is 4. The maximum atomic E-state index is 11.6. The SMILES string of the molecule is O=C(NCCc1ccccc1)c1ccc[se]1. The zero-order valence-corrected chi connectivity index (χ0v) is 10.6. The fourth-order valence-electron chi connectivity index (χ4n) is 1.46. The molecule has 0 radical (unpaired) electrons. The fourth-order valence-corrected chi connectivity index (χ4v) is 2.80. The number of hydrogen-bond donors (Lipinski definition) is 1. The van der Waals surface area contributed by atoms with Crippen molar-refractivity contribution in [3.63, 3.8) is 0 Å². The summed E-state index contributed by atoms with van der Waals surface area (Å²) >= 11 is 0.233. The van der Waals surface area contributed by atoms with E-state index in [1.807, 2.05) is 30.3 Å². The summed E-state index contributed by atoms with van der Waals surface area (Å²) in [6.45, 7) is 0.705. The summed E-state index contributed by atoms with van der Waals surface area (Å²) in [4.78, 5) is 13.7. The molecule has 2 aromatic rings. The van der Waals surface area contributed by atoms with E-state index in [0.717, 1.165) is 10.9 Å². The van der Waals surface area contributed by atoms with Gasteiger partial charge in [-0.3, -0.25) is 0 Å². The first-order chi connectivity index (χ1) is 7.86. The molecule has 1 heterocycles. The molecule has 1 aromatic heterocycles. The molecule has 0 bridgehead atoms. The first-order valence-corrected chi connectivity index (χ1v) is 7.06. The van der Waals surface area contributed by atoms with Crippen LogP contribution in [0.5, 0.6) is 0 Å². The van der Waals surface area contributed by atoms with Crippen molar-refractivity contribution in [3.8, 4) is 0 Å². The van der Waals surface area contributed by atoms with Gasteiger partial charge in [0.25, 0.3) is 0 Å². The standard InChI is InChI=1S/C13H13NOSe/c15-13(12-7-4-10-16-12)14-9-8-11-5-2-1-3-6-11/h1-7,10H,8-9H2,(H,14,15). The predicted molar refractivity (Wildman–Crippen MR) is 65.9 cm³/mol. The summed E-state index contributed by atoms with van der Waals surface area (Å²) in [7, 11) is 0. The molecule has 0 aliphatic heterocycles. The van der Waals surface area contributed by atoms with Gasteiger partial charge in [0, 0.05) is 0 Å². The summed E-state index contributed by atoms with van der Waals surface area (Å²) in [6.07, 6.45) is 0.889. The van der Waals surface area contributed by atoms with Crippen LogP contribution in [0.3, 0.4) is 0 Å². The topological polar surface area (TPSA) is 29.1 Å². The number of nitrogens with one attached hydrogen (secondary N) is 1. The van der Waals surface area contributed by atoms with Crippen LogP contribution in [0.1, 0.15) is 14.8 Å². The van der Waals surface area contributed by atoms with Gasteiger partial charge in [0.2, 0.25) is 0 Å². The second-order valence-electron chi connectivity index (χ2n) is 3.47. The molecule has 16 heavy (non-hydrogen) atoms. The molecule has 0 aliphatic carbocycles. The van der Waals surface area contributed by atoms with E-state index in [1.165, 1.54) is 5.56 Å². The van der Waals surface area contributed by atoms with Gasteiger partial charge in [0.15, 0.2) is 0 Å². The number of carbonyl (C=O) groups is 1. The van der Waals surface area contributed by atoms with Crippen LogP contribution in [0.4, 0.5) is 0 Å². The molecule has 0 saturated heterocycles. The van der Waals surface area contributed by atoms with Crippen molar-refractivity contribution >= 4 is 20.4 Å². The third-order valence-electron chi connectivity index (χ3n) is 2.29. The van der Waals surface area contributed by atoms with Crippen LogP contribution in [0.25, 0.3) is 0 Å². The molecule has 1 N–H and O–H groups in total. The predicted octanol–water partition coefficient (Wildman–Crippen LogP) is 1.72. The first-order valence-electron chi connectivity index (χ1n) is 5.22. The van der Waals surface area contributed by atoms with E-state index in [2.05, 4.69) is 22.4 Å². The fraction of sp³-hybridized carbons (Fsp3) is 0.154. The van der Waals surface area contributed by atoms with Gasteiger partial charge in [0.05, 0.1) is 0 Å². The summed E-state index contributed by atoms with van der Waals surface area (Å²) in [6, 6.07) is 14.0. The molecule has 1 amide bonds. The van der Waals surface area contributed by atoms with Crippen LogP contribution in [0.15, 0.2) is 47.4 Å². The molecule has 0 fully saturated rings. The second-order valence-corrected chi connectivity index (χ2v) is 5.46. The van der Waals surface area contributed by atoms with E-state index in [0.29, 0.717) is 6.54 Å². The summed E-state index contributed by atoms with van der Waals surface area (Å²) in [5.74, 6) is 0.0842. The van der Waals surface area contributed by atoms with Crippen molar-refractivity contribution < 1.29 is 4.79 Å². The van der Waals surface area contributed by atoms with Gasteiger partial charge in [0.1, 0.15) is 0 Å². The van der Waals surface area contributed by atoms with E-state index in [4.69, 9.17) is 0 Å². The molecule has 0 unspecified atom stereocenters. The van der Waals surface area contributed by atoms with Crippen LogP contribution in [0.2, 0.25) is 0 Å². The number of amides is 1. The number of hydrogen-bond acceptors (Lipinski definition) is 1. The Morgan fingerprint density at radius 3 is 2.62 bits per heavy atom. The third-order valence-corrected chi connectivity index (χ3v) is 4.11. The van der Waals surface area contributed by atoms with Gasteiger partial charge in [-0.05, 0) is 0 Å². The summed E-state index contributed by atoms with van der Waals surface area (Å²) in [5, 5.41) is 2.94. The Kier molecular flexibility index (Phi) is 3.97. The Morgan fingerprint density at radius 2 is 1.94 bits per heavy atom. The minimum atomic E-state index is 0.0842. The molecule has 1 aromatic carbocycles. The van der Waals surface area contributed by atoms with Crippen molar-refractivity contribution in [2.24, 2.45) is 0 Å². The van der Waals surface area contributed by atoms with Gasteiger partial charge >= 0.3 is 101 Å². The molecule has 2 rings (SSSR count). The molecule has 0 spiro atoms. The molecular formula is C13H13NOSe. The molecule has 82 valence electrons. The number of benzene rings is 1. The van der Waals surface area contributed by atoms with E-state index >= 15 is 0 Å². The average Bonchev–Trinajstić information content (AvgIpc) is 2.84. The van der Waals surface area contributed by atoms with Gasteiger partial charge in [-0.1, -0.05) is 0 Å². The average molecular weight is 278 g/mol. The monoisotopic (exact) mass is 279 g/mol. The van der Waals surface area contributed by atoms with Crippen molar-refractivity contribution in [1.29, 1.82) is 0 Å². The molecule has 3 heteroatoms. The van der Waals surface area contributed by atoms with E-state index in [-0.39, 0.29) is 20.4 Å². The quantitative estimate of drug-likeness (QED) is 0.848. The van der Waals surface area contributed by atoms with E-state index < -0.39 is 0 Å². The van der Waals surface area contributed by atoms with E-state index in [9.17, 15) is 4.79 Å². The zero-order valence-electron chi connectivity index (χ0n) is 8.85. The van der Waals surface area contributed by atoms with Crippen LogP contribution < -0.4 is 5.32 Å². The van der Waals surface area contributed by atoms with Crippen molar-refractivity contribution in [1.82, 2.24) is 5.32 Å². The Balaban J connectivity index is 1.79. The molecule has 0 atom stereocenters. The molecular weight excluding hydrogens is 265 g/mol. The second kappa shape index (κ2) is 5.69. The third kappa shape index (κ3) is 3.09.